The summed E-state index contributed by atoms with van der Waals surface area (Å²) >= 11 is 0. The van der Waals surface area contributed by atoms with Crippen LogP contribution >= 0.6 is 12.4 Å². The fourth-order valence-electron chi connectivity index (χ4n) is 12.2. The van der Waals surface area contributed by atoms with E-state index in [4.69, 9.17) is 44.6 Å². The Kier molecular flexibility index (Phi) is 35.5. The predicted octanol–water partition coefficient (Wildman–Crippen LogP) is 13.7. The molecule has 6 aromatic rings. The van der Waals surface area contributed by atoms with Gasteiger partial charge in [-0.3, -0.25) is 15.2 Å². The highest BCUT2D eigenvalue weighted by Gasteiger charge is 2.34. The molecule has 105 heavy (non-hydrogen) atoms. The van der Waals surface area contributed by atoms with Crippen LogP contribution in [0.25, 0.3) is 32.3 Å². The average Bonchev–Trinajstić information content (AvgIpc) is 0.810. The number of amides is 7. The van der Waals surface area contributed by atoms with Gasteiger partial charge in [-0.1, -0.05) is 91.0 Å². The first-order valence-electron chi connectivity index (χ1n) is 35.4. The molecule has 582 valence electrons. The molecule has 3 atom stereocenters. The first-order chi connectivity index (χ1) is 49.1. The number of hydrogen-bond donors (Lipinski definition) is 9. The molecule has 4 aliphatic rings. The number of benzene rings is 6. The second-order valence-corrected chi connectivity index (χ2v) is 29.1. The van der Waals surface area contributed by atoms with Crippen molar-refractivity contribution in [3.05, 3.63) is 126 Å². The number of rotatable bonds is 11. The number of hydroxylamine groups is 5. The monoisotopic (exact) mass is 1490 g/mol. The molecule has 0 aromatic heterocycles. The van der Waals surface area contributed by atoms with Gasteiger partial charge in [0.2, 0.25) is 0 Å². The van der Waals surface area contributed by atoms with Crippen molar-refractivity contribution < 1.29 is 78.0 Å². The summed E-state index contributed by atoms with van der Waals surface area (Å²) in [5.74, 6) is 6.20. The zero-order valence-electron chi connectivity index (χ0n) is 64.1. The summed E-state index contributed by atoms with van der Waals surface area (Å²) < 4.78 is 32.0. The number of urea groups is 2. The zero-order valence-corrected chi connectivity index (χ0v) is 64.9. The molecule has 0 saturated carbocycles. The SMILES string of the molecule is CC(C)(C)OC(=O)N1CCC(=O)CC1.CC(C)(C)OC(=O)N1CCC(NO)CC1.COc1ccc(C(C)N)c2ccccc12.COc1ccc(C(C)NC(=O)N(O)C2CCN(C(=O)OC(C)(C)C)CC2)c2ccccc12.COc1ccc(C(C)NC(=O)N(O)C2CCN(C)CC2)c2ccccc12.Cl.NO. The number of nitrogens with one attached hydrogen (secondary N) is 3. The Labute approximate surface area is 624 Å². The molecule has 7 amide bonds. The van der Waals surface area contributed by atoms with Crippen molar-refractivity contribution in [2.45, 2.75) is 188 Å². The van der Waals surface area contributed by atoms with E-state index in [9.17, 15) is 39.2 Å². The summed E-state index contributed by atoms with van der Waals surface area (Å²) in [7, 11) is 7.02. The molecule has 4 saturated heterocycles. The molecule has 10 rings (SSSR count). The molecule has 0 radical (unpaired) electrons. The average molecular weight is 1490 g/mol. The highest BCUT2D eigenvalue weighted by Crippen LogP contribution is 2.35. The van der Waals surface area contributed by atoms with E-state index in [1.807, 2.05) is 180 Å². The molecular formula is C77H116ClN11O16. The van der Waals surface area contributed by atoms with Gasteiger partial charge in [-0.05, 0) is 193 Å². The predicted molar refractivity (Wildman–Crippen MR) is 408 cm³/mol. The summed E-state index contributed by atoms with van der Waals surface area (Å²) in [6.07, 6.45) is 3.99. The lowest BCUT2D eigenvalue weighted by molar-refractivity contribution is -0.121. The van der Waals surface area contributed by atoms with Crippen LogP contribution in [0.2, 0.25) is 0 Å². The second-order valence-electron chi connectivity index (χ2n) is 29.1. The maximum Gasteiger partial charge on any atom is 0.410 e. The third-order valence-corrected chi connectivity index (χ3v) is 17.7. The number of ketones is 1. The summed E-state index contributed by atoms with van der Waals surface area (Å²) in [5, 5.41) is 49.7. The molecule has 0 aliphatic carbocycles. The van der Waals surface area contributed by atoms with Crippen LogP contribution in [-0.2, 0) is 19.0 Å². The third kappa shape index (κ3) is 27.4. The normalized spacial score (nSPS) is 16.1. The van der Waals surface area contributed by atoms with E-state index in [-0.39, 0.29) is 72.7 Å². The number of piperidine rings is 4. The molecule has 6 aromatic carbocycles. The van der Waals surface area contributed by atoms with Gasteiger partial charge in [0, 0.05) is 80.4 Å². The Morgan fingerprint density at radius 1 is 0.467 bits per heavy atom. The standard InChI is InChI=1S/C24H33N3O5.C20H27N3O3.C13H15NO.C10H20N2O3.C10H17NO3.ClH.H3NO/c1-16(18-10-11-21(31-5)20-9-7-6-8-19(18)20)25-22(28)27(30)17-12-14-26(15-13-17)23(29)32-24(2,3)4;1-14(21-20(24)23(25)15-10-12-22(2)13-11-15)16-8-9-19(26-3)18-7-5-4-6-17(16)18;1-9(14)10-7-8-13(15-2)12-6-4-3-5-11(10)12;1-10(2,3)15-9(13)12-6-4-8(11-14)5-7-12;1-10(2,3)14-9(13)11-6-4-8(12)5-7-11;;1-2/h6-11,16-17,30H,12-15H2,1-5H3,(H,25,28);4-9,14-15,25H,10-13H2,1-3H3,(H,21,24);3-9H,14H2,1-2H3;8,11,14H,4-7H2,1-3H3;4-7H2,1-3H3;1H;2H,1H2. The largest absolute Gasteiger partial charge is 0.496 e. The highest BCUT2D eigenvalue weighted by molar-refractivity contribution is 5.94. The molecule has 27 nitrogen and oxygen atoms in total. The van der Waals surface area contributed by atoms with Gasteiger partial charge < -0.3 is 74.8 Å². The minimum atomic E-state index is -0.562. The van der Waals surface area contributed by atoms with Crippen molar-refractivity contribution in [2.75, 3.05) is 80.7 Å². The molecule has 28 heteroatoms. The maximum absolute atomic E-state index is 12.7. The summed E-state index contributed by atoms with van der Waals surface area (Å²) in [6, 6.07) is 33.7. The van der Waals surface area contributed by atoms with Crippen LogP contribution in [0.4, 0.5) is 24.0 Å². The van der Waals surface area contributed by atoms with E-state index in [1.54, 1.807) is 36.0 Å². The maximum atomic E-state index is 12.7. The van der Waals surface area contributed by atoms with E-state index >= 15 is 0 Å². The number of carbonyl (C=O) groups is 6. The number of fused-ring (bicyclic) bond motifs is 3. The first kappa shape index (κ1) is 88.9. The number of nitrogens with two attached hydrogens (primary N) is 2. The fourth-order valence-corrected chi connectivity index (χ4v) is 12.2. The fraction of sp³-hybridized carbons (Fsp3) is 0.532. The van der Waals surface area contributed by atoms with Crippen molar-refractivity contribution in [1.82, 2.24) is 45.8 Å². The Morgan fingerprint density at radius 2 is 0.752 bits per heavy atom. The van der Waals surface area contributed by atoms with Gasteiger partial charge in [-0.2, -0.15) is 0 Å². The number of hydrogen-bond acceptors (Lipinski definition) is 20. The number of ether oxygens (including phenoxy) is 6. The van der Waals surface area contributed by atoms with Gasteiger partial charge in [-0.25, -0.2) is 45.5 Å². The molecular weight excluding hydrogens is 1370 g/mol. The number of Topliss-reactive ketones (excluding diaryl/α,β-unsaturated/α-hetero) is 1. The van der Waals surface area contributed by atoms with Gasteiger partial charge in [0.05, 0.1) is 45.5 Å². The number of nitrogens with zero attached hydrogens (tertiary/aromatic N) is 6. The lowest BCUT2D eigenvalue weighted by Crippen LogP contribution is -2.51. The molecule has 3 unspecified atom stereocenters. The minimum absolute atomic E-state index is 0. The van der Waals surface area contributed by atoms with Crippen molar-refractivity contribution in [3.63, 3.8) is 0 Å². The van der Waals surface area contributed by atoms with E-state index < -0.39 is 28.9 Å². The van der Waals surface area contributed by atoms with Crippen LogP contribution in [-0.4, -0.2) is 202 Å². The summed E-state index contributed by atoms with van der Waals surface area (Å²) in [4.78, 5) is 78.6. The molecule has 4 fully saturated rings. The quantitative estimate of drug-likeness (QED) is 0.0330. The van der Waals surface area contributed by atoms with Crippen molar-refractivity contribution in [3.8, 4) is 17.2 Å². The third-order valence-electron chi connectivity index (χ3n) is 17.7. The Morgan fingerprint density at radius 3 is 1.06 bits per heavy atom. The van der Waals surface area contributed by atoms with Gasteiger partial charge in [-0.15, -0.1) is 12.4 Å². The van der Waals surface area contributed by atoms with Gasteiger partial charge in [0.15, 0.2) is 0 Å². The summed E-state index contributed by atoms with van der Waals surface area (Å²) in [5.41, 5.74) is 9.79. The van der Waals surface area contributed by atoms with Crippen LogP contribution in [0.5, 0.6) is 17.2 Å². The first-order valence-corrected chi connectivity index (χ1v) is 35.4. The lowest BCUT2D eigenvalue weighted by atomic mass is 9.99. The van der Waals surface area contributed by atoms with Crippen LogP contribution in [0.1, 0.15) is 169 Å². The van der Waals surface area contributed by atoms with Gasteiger partial charge in [0.25, 0.3) is 0 Å². The van der Waals surface area contributed by atoms with Crippen LogP contribution in [0.15, 0.2) is 109 Å². The second kappa shape index (κ2) is 42.0. The molecule has 11 N–H and O–H groups in total. The minimum Gasteiger partial charge on any atom is -0.496 e. The zero-order chi connectivity index (χ0) is 77.2. The van der Waals surface area contributed by atoms with Crippen LogP contribution in [0.3, 0.4) is 0 Å². The Bertz CT molecular complexity index is 3720. The lowest BCUT2D eigenvalue weighted by Gasteiger charge is -2.36. The van der Waals surface area contributed by atoms with Crippen molar-refractivity contribution in [1.29, 1.82) is 0 Å². The molecule has 4 aliphatic heterocycles. The van der Waals surface area contributed by atoms with Crippen LogP contribution < -0.4 is 42.0 Å². The molecule has 0 spiro atoms. The molecule has 0 bridgehead atoms. The van der Waals surface area contributed by atoms with Crippen molar-refractivity contribution in [2.24, 2.45) is 11.6 Å². The molecule has 4 heterocycles. The topological polar surface area (TPSA) is 346 Å². The van der Waals surface area contributed by atoms with E-state index in [2.05, 4.69) is 46.1 Å². The van der Waals surface area contributed by atoms with Crippen LogP contribution in [0, 0.1) is 0 Å². The number of halogens is 1. The van der Waals surface area contributed by atoms with Gasteiger partial charge in [0.1, 0.15) is 39.8 Å². The number of likely N-dealkylation sites (tertiary alicyclic amines) is 4. The Balaban J connectivity index is 0.000000287. The highest BCUT2D eigenvalue weighted by atomic mass is 35.5. The smallest absolute Gasteiger partial charge is 0.410 e. The number of carbonyl (C=O) groups excluding carboxylic acids is 6. The summed E-state index contributed by atoms with van der Waals surface area (Å²) in [6.45, 7) is 27.2. The Hall–Kier alpha value is -8.51. The number of methoxy groups -OCH3 is 3. The van der Waals surface area contributed by atoms with E-state index in [1.165, 1.54) is 5.39 Å². The van der Waals surface area contributed by atoms with E-state index in [0.29, 0.717) is 65.0 Å². The van der Waals surface area contributed by atoms with Crippen molar-refractivity contribution >= 4 is 80.8 Å². The van der Waals surface area contributed by atoms with E-state index in [0.717, 1.165) is 110 Å². The van der Waals surface area contributed by atoms with Gasteiger partial charge >= 0.3 is 30.3 Å².